The summed E-state index contributed by atoms with van der Waals surface area (Å²) in [5.41, 5.74) is 10.4. The number of phenolic OH excluding ortho intramolecular Hbond substituents is 2. The average molecular weight is 785 g/mol. The monoisotopic (exact) mass is 785 g/mol. The first-order valence-electron chi connectivity index (χ1n) is 22.3. The number of aromatic hydroxyl groups is 2. The number of rotatable bonds is 12. The van der Waals surface area contributed by atoms with Crippen molar-refractivity contribution in [3.05, 3.63) is 141 Å². The lowest BCUT2D eigenvalue weighted by Crippen LogP contribution is -2.28. The molecular formula is C54H72O4. The molecule has 0 aromatic heterocycles. The molecule has 4 aromatic carbocycles. The van der Waals surface area contributed by atoms with Crippen LogP contribution in [0.25, 0.3) is 12.2 Å². The van der Waals surface area contributed by atoms with Crippen molar-refractivity contribution in [2.45, 2.75) is 167 Å². The topological polar surface area (TPSA) is 80.9 Å². The van der Waals surface area contributed by atoms with E-state index in [1.54, 1.807) is 0 Å². The minimum Gasteiger partial charge on any atom is -0.508 e. The molecule has 0 radical (unpaired) electrons. The van der Waals surface area contributed by atoms with Gasteiger partial charge < -0.3 is 20.4 Å². The van der Waals surface area contributed by atoms with Crippen LogP contribution < -0.4 is 0 Å². The molecule has 0 spiro atoms. The molecule has 4 aromatic rings. The van der Waals surface area contributed by atoms with Gasteiger partial charge in [0.25, 0.3) is 0 Å². The highest BCUT2D eigenvalue weighted by molar-refractivity contribution is 5.58. The highest BCUT2D eigenvalue weighted by atomic mass is 16.3. The Morgan fingerprint density at radius 3 is 1.02 bits per heavy atom. The Hall–Kier alpha value is -4.12. The van der Waals surface area contributed by atoms with Crippen molar-refractivity contribution < 1.29 is 20.4 Å². The SMILES string of the molecule is CCC(CC)(c1ccc(O)c(C)c1)c1ccc(/C=C/C2(O)CCCCC2)c(C)c1.CCC(CC)(c1ccc(O)c(C)c1)c1ccc(/C=C/C2(O)CCCCC2)c(C)c1. The van der Waals surface area contributed by atoms with Crippen LogP contribution >= 0.6 is 0 Å². The number of hydrogen-bond acceptors (Lipinski definition) is 4. The van der Waals surface area contributed by atoms with Crippen LogP contribution in [0, 0.1) is 27.7 Å². The van der Waals surface area contributed by atoms with Gasteiger partial charge in [-0.2, -0.15) is 0 Å². The summed E-state index contributed by atoms with van der Waals surface area (Å²) in [6, 6.07) is 25.5. The van der Waals surface area contributed by atoms with E-state index in [0.29, 0.717) is 11.5 Å². The second-order valence-electron chi connectivity index (χ2n) is 17.7. The summed E-state index contributed by atoms with van der Waals surface area (Å²) in [5.74, 6) is 0.708. The van der Waals surface area contributed by atoms with E-state index in [4.69, 9.17) is 0 Å². The van der Waals surface area contributed by atoms with Crippen LogP contribution in [0.15, 0.2) is 84.9 Å². The molecule has 4 N–H and O–H groups in total. The van der Waals surface area contributed by atoms with E-state index in [9.17, 15) is 20.4 Å². The molecule has 0 unspecified atom stereocenters. The minimum absolute atomic E-state index is 0.0625. The van der Waals surface area contributed by atoms with Gasteiger partial charge in [0, 0.05) is 10.8 Å². The molecule has 6 rings (SSSR count). The van der Waals surface area contributed by atoms with Crippen molar-refractivity contribution in [1.29, 1.82) is 0 Å². The fourth-order valence-electron chi connectivity index (χ4n) is 9.84. The molecule has 58 heavy (non-hydrogen) atoms. The first-order valence-corrected chi connectivity index (χ1v) is 22.3. The third kappa shape index (κ3) is 10.0. The smallest absolute Gasteiger partial charge is 0.118 e. The van der Waals surface area contributed by atoms with Crippen LogP contribution in [-0.2, 0) is 10.8 Å². The Kier molecular flexibility index (Phi) is 15.0. The Balaban J connectivity index is 0.000000221. The van der Waals surface area contributed by atoms with E-state index in [2.05, 4.69) is 114 Å². The quantitative estimate of drug-likeness (QED) is 0.115. The molecule has 4 heteroatoms. The van der Waals surface area contributed by atoms with Gasteiger partial charge in [0.05, 0.1) is 11.2 Å². The lowest BCUT2D eigenvalue weighted by Gasteiger charge is -2.34. The third-order valence-electron chi connectivity index (χ3n) is 14.1. The molecule has 2 aliphatic rings. The van der Waals surface area contributed by atoms with E-state index in [1.807, 2.05) is 38.1 Å². The zero-order valence-electron chi connectivity index (χ0n) is 36.9. The molecular weight excluding hydrogens is 713 g/mol. The first kappa shape index (κ1) is 45.0. The van der Waals surface area contributed by atoms with E-state index in [0.717, 1.165) is 88.2 Å². The van der Waals surface area contributed by atoms with E-state index in [1.165, 1.54) is 57.3 Å². The summed E-state index contributed by atoms with van der Waals surface area (Å²) in [4.78, 5) is 0. The van der Waals surface area contributed by atoms with Crippen molar-refractivity contribution in [2.24, 2.45) is 0 Å². The van der Waals surface area contributed by atoms with Crippen molar-refractivity contribution in [2.75, 3.05) is 0 Å². The van der Waals surface area contributed by atoms with Gasteiger partial charge in [-0.3, -0.25) is 0 Å². The van der Waals surface area contributed by atoms with Crippen molar-refractivity contribution in [3.8, 4) is 11.5 Å². The summed E-state index contributed by atoms with van der Waals surface area (Å²) in [6.45, 7) is 17.2. The van der Waals surface area contributed by atoms with Crippen LogP contribution in [-0.4, -0.2) is 31.6 Å². The van der Waals surface area contributed by atoms with Crippen molar-refractivity contribution in [1.82, 2.24) is 0 Å². The zero-order valence-corrected chi connectivity index (χ0v) is 36.9. The molecule has 2 fully saturated rings. The number of phenols is 2. The van der Waals surface area contributed by atoms with Gasteiger partial charge in [-0.05, 0) is 147 Å². The Morgan fingerprint density at radius 1 is 0.448 bits per heavy atom. The molecule has 312 valence electrons. The number of benzene rings is 4. The van der Waals surface area contributed by atoms with E-state index >= 15 is 0 Å². The summed E-state index contributed by atoms with van der Waals surface area (Å²) in [7, 11) is 0. The Morgan fingerprint density at radius 2 is 0.741 bits per heavy atom. The maximum absolute atomic E-state index is 10.8. The number of aliphatic hydroxyl groups is 2. The van der Waals surface area contributed by atoms with Crippen LogP contribution in [0.3, 0.4) is 0 Å². The van der Waals surface area contributed by atoms with E-state index < -0.39 is 11.2 Å². The van der Waals surface area contributed by atoms with Crippen LogP contribution in [0.2, 0.25) is 0 Å². The van der Waals surface area contributed by atoms with Gasteiger partial charge in [-0.25, -0.2) is 0 Å². The fourth-order valence-corrected chi connectivity index (χ4v) is 9.84. The highest BCUT2D eigenvalue weighted by Gasteiger charge is 2.33. The molecule has 0 amide bonds. The maximum atomic E-state index is 10.8. The minimum atomic E-state index is -0.635. The van der Waals surface area contributed by atoms with Crippen molar-refractivity contribution >= 4 is 12.2 Å². The average Bonchev–Trinajstić information content (AvgIpc) is 3.22. The summed E-state index contributed by atoms with van der Waals surface area (Å²) in [5, 5.41) is 41.5. The predicted octanol–water partition coefficient (Wildman–Crippen LogP) is 13.6. The summed E-state index contributed by atoms with van der Waals surface area (Å²) in [6.07, 6.45) is 22.7. The van der Waals surface area contributed by atoms with Gasteiger partial charge >= 0.3 is 0 Å². The second kappa shape index (κ2) is 19.3. The molecule has 0 atom stereocenters. The van der Waals surface area contributed by atoms with Gasteiger partial charge in [-0.1, -0.05) is 151 Å². The second-order valence-corrected chi connectivity index (χ2v) is 17.7. The van der Waals surface area contributed by atoms with Gasteiger partial charge in [0.2, 0.25) is 0 Å². The highest BCUT2D eigenvalue weighted by Crippen LogP contribution is 2.43. The van der Waals surface area contributed by atoms with Crippen LogP contribution in [0.5, 0.6) is 11.5 Å². The molecule has 2 saturated carbocycles. The van der Waals surface area contributed by atoms with Crippen LogP contribution in [0.4, 0.5) is 0 Å². The molecule has 0 saturated heterocycles. The molecule has 4 nitrogen and oxygen atoms in total. The lowest BCUT2D eigenvalue weighted by atomic mass is 9.70. The summed E-state index contributed by atoms with van der Waals surface area (Å²) < 4.78 is 0. The van der Waals surface area contributed by atoms with Crippen molar-refractivity contribution in [3.63, 3.8) is 0 Å². The molecule has 0 heterocycles. The van der Waals surface area contributed by atoms with E-state index in [-0.39, 0.29) is 10.8 Å². The Labute approximate surface area is 350 Å². The van der Waals surface area contributed by atoms with Gasteiger partial charge in [0.1, 0.15) is 11.5 Å². The fraction of sp³-hybridized carbons (Fsp3) is 0.481. The standard InChI is InChI=1S/2C27H36O2/c2*1-5-27(6-2,24-12-13-25(28)21(4)19-24)23-11-10-22(20(3)18-23)14-17-26(29)15-8-7-9-16-26/h2*10-14,17-19,28-29H,5-9,15-16H2,1-4H3/b2*17-14+. The first-order chi connectivity index (χ1) is 27.7. The third-order valence-corrected chi connectivity index (χ3v) is 14.1. The molecule has 0 bridgehead atoms. The molecule has 0 aliphatic heterocycles. The number of hydrogen-bond donors (Lipinski definition) is 4. The predicted molar refractivity (Wildman–Crippen MR) is 245 cm³/mol. The normalized spacial score (nSPS) is 17.0. The summed E-state index contributed by atoms with van der Waals surface area (Å²) >= 11 is 0. The van der Waals surface area contributed by atoms with Gasteiger partial charge in [-0.15, -0.1) is 0 Å². The molecule has 2 aliphatic carbocycles. The Bertz CT molecular complexity index is 1880. The zero-order chi connectivity index (χ0) is 42.1. The van der Waals surface area contributed by atoms with Gasteiger partial charge in [0.15, 0.2) is 0 Å². The maximum Gasteiger partial charge on any atom is 0.118 e. The lowest BCUT2D eigenvalue weighted by molar-refractivity contribution is 0.0517. The van der Waals surface area contributed by atoms with Crippen LogP contribution in [0.1, 0.15) is 173 Å². The largest absolute Gasteiger partial charge is 0.508 e. The number of aryl methyl sites for hydroxylation is 4.